The Morgan fingerprint density at radius 2 is 2.50 bits per heavy atom. The second-order valence-electron chi connectivity index (χ2n) is 2.15. The van der Waals surface area contributed by atoms with Crippen molar-refractivity contribution in [2.24, 2.45) is 0 Å². The molecule has 0 heterocycles. The van der Waals surface area contributed by atoms with E-state index in [-0.39, 0.29) is 5.97 Å². The molecule has 0 saturated carbocycles. The highest BCUT2D eigenvalue weighted by Gasteiger charge is 2.05. The smallest absolute Gasteiger partial charge is 0.338 e. The Kier molecular flexibility index (Phi) is 3.11. The molecule has 0 aliphatic carbocycles. The highest BCUT2D eigenvalue weighted by molar-refractivity contribution is 6.30. The second kappa shape index (κ2) is 4.12. The number of esters is 1. The van der Waals surface area contributed by atoms with Crippen LogP contribution in [0.3, 0.4) is 0 Å². The molecule has 0 N–H and O–H groups in total. The molecule has 0 aromatic heterocycles. The Morgan fingerprint density at radius 1 is 1.75 bits per heavy atom. The van der Waals surface area contributed by atoms with Crippen LogP contribution in [0.15, 0.2) is 18.2 Å². The maximum atomic E-state index is 11.1. The van der Waals surface area contributed by atoms with Crippen molar-refractivity contribution in [2.45, 2.75) is 6.92 Å². The standard InChI is InChI=1S/C9H8ClO2/c1-2-12-9(11)7-4-3-5-8(10)6-7/h3-4,6H,2H2,1H3. The van der Waals surface area contributed by atoms with Crippen LogP contribution in [0.4, 0.5) is 0 Å². The Labute approximate surface area is 76.1 Å². The van der Waals surface area contributed by atoms with Crippen LogP contribution in [-0.2, 0) is 4.74 Å². The van der Waals surface area contributed by atoms with Gasteiger partial charge in [-0.3, -0.25) is 0 Å². The lowest BCUT2D eigenvalue weighted by atomic mass is 10.2. The third-order valence-electron chi connectivity index (χ3n) is 1.28. The highest BCUT2D eigenvalue weighted by atomic mass is 35.5. The van der Waals surface area contributed by atoms with Crippen LogP contribution in [0.25, 0.3) is 0 Å². The molecule has 3 heteroatoms. The van der Waals surface area contributed by atoms with Crippen molar-refractivity contribution in [1.82, 2.24) is 0 Å². The van der Waals surface area contributed by atoms with Gasteiger partial charge in [0.05, 0.1) is 12.2 Å². The maximum absolute atomic E-state index is 11.1. The number of hydrogen-bond donors (Lipinski definition) is 0. The van der Waals surface area contributed by atoms with Crippen LogP contribution in [0.2, 0.25) is 5.02 Å². The fourth-order valence-corrected chi connectivity index (χ4v) is 0.959. The maximum Gasteiger partial charge on any atom is 0.338 e. The molecule has 12 heavy (non-hydrogen) atoms. The monoisotopic (exact) mass is 183 g/mol. The van der Waals surface area contributed by atoms with E-state index in [9.17, 15) is 4.79 Å². The van der Waals surface area contributed by atoms with Crippen molar-refractivity contribution in [1.29, 1.82) is 0 Å². The third kappa shape index (κ3) is 2.24. The molecule has 0 spiro atoms. The number of carbonyl (C=O) groups is 1. The number of carbonyl (C=O) groups excluding carboxylic acids is 1. The Balaban J connectivity index is 2.81. The Morgan fingerprint density at radius 3 is 3.08 bits per heavy atom. The summed E-state index contributed by atoms with van der Waals surface area (Å²) >= 11 is 5.63. The first-order valence-corrected chi connectivity index (χ1v) is 3.96. The van der Waals surface area contributed by atoms with Gasteiger partial charge in [0, 0.05) is 11.1 Å². The molecule has 2 nitrogen and oxygen atoms in total. The van der Waals surface area contributed by atoms with Crippen molar-refractivity contribution in [3.05, 3.63) is 34.9 Å². The molecule has 0 unspecified atom stereocenters. The minimum atomic E-state index is -0.353. The molecular weight excluding hydrogens is 176 g/mol. The summed E-state index contributed by atoms with van der Waals surface area (Å²) in [6.07, 6.45) is 0. The Bertz CT molecular complexity index is 284. The van der Waals surface area contributed by atoms with Gasteiger partial charge < -0.3 is 4.74 Å². The van der Waals surface area contributed by atoms with Crippen molar-refractivity contribution in [3.63, 3.8) is 0 Å². The van der Waals surface area contributed by atoms with E-state index in [1.807, 2.05) is 0 Å². The molecule has 63 valence electrons. The van der Waals surface area contributed by atoms with Crippen molar-refractivity contribution in [2.75, 3.05) is 6.61 Å². The minimum Gasteiger partial charge on any atom is -0.462 e. The first-order valence-electron chi connectivity index (χ1n) is 3.58. The van der Waals surface area contributed by atoms with Crippen LogP contribution in [0.5, 0.6) is 0 Å². The first kappa shape index (κ1) is 9.07. The normalized spacial score (nSPS) is 9.50. The van der Waals surface area contributed by atoms with Gasteiger partial charge in [-0.05, 0) is 19.1 Å². The lowest BCUT2D eigenvalue weighted by Gasteiger charge is -2.00. The van der Waals surface area contributed by atoms with Crippen LogP contribution in [-0.4, -0.2) is 12.6 Å². The third-order valence-corrected chi connectivity index (χ3v) is 1.50. The molecule has 0 bridgehead atoms. The topological polar surface area (TPSA) is 26.3 Å². The summed E-state index contributed by atoms with van der Waals surface area (Å²) < 4.78 is 4.77. The van der Waals surface area contributed by atoms with E-state index in [4.69, 9.17) is 16.3 Å². The van der Waals surface area contributed by atoms with Crippen molar-refractivity contribution >= 4 is 17.6 Å². The largest absolute Gasteiger partial charge is 0.462 e. The molecule has 0 aliphatic heterocycles. The van der Waals surface area contributed by atoms with Crippen LogP contribution >= 0.6 is 11.6 Å². The van der Waals surface area contributed by atoms with Crippen LogP contribution in [0.1, 0.15) is 17.3 Å². The van der Waals surface area contributed by atoms with E-state index >= 15 is 0 Å². The Hall–Kier alpha value is -1.02. The van der Waals surface area contributed by atoms with Gasteiger partial charge in [-0.1, -0.05) is 17.7 Å². The van der Waals surface area contributed by atoms with Crippen molar-refractivity contribution in [3.8, 4) is 0 Å². The zero-order chi connectivity index (χ0) is 8.97. The zero-order valence-corrected chi connectivity index (χ0v) is 7.39. The molecule has 0 aliphatic rings. The fraction of sp³-hybridized carbons (Fsp3) is 0.222. The van der Waals surface area contributed by atoms with Gasteiger partial charge in [-0.25, -0.2) is 4.79 Å². The summed E-state index contributed by atoms with van der Waals surface area (Å²) in [7, 11) is 0. The van der Waals surface area contributed by atoms with E-state index in [0.717, 1.165) is 0 Å². The van der Waals surface area contributed by atoms with Gasteiger partial charge in [0.1, 0.15) is 0 Å². The lowest BCUT2D eigenvalue weighted by Crippen LogP contribution is -2.03. The summed E-state index contributed by atoms with van der Waals surface area (Å²) in [5, 5.41) is 0.417. The van der Waals surface area contributed by atoms with Gasteiger partial charge in [0.25, 0.3) is 0 Å². The molecule has 0 fully saturated rings. The average Bonchev–Trinajstić information content (AvgIpc) is 2.05. The number of benzene rings is 1. The summed E-state index contributed by atoms with van der Waals surface area (Å²) in [5.41, 5.74) is 0.459. The van der Waals surface area contributed by atoms with Crippen molar-refractivity contribution < 1.29 is 9.53 Å². The quantitative estimate of drug-likeness (QED) is 0.658. The number of halogens is 1. The summed E-state index contributed by atoms with van der Waals surface area (Å²) in [5.74, 6) is -0.353. The van der Waals surface area contributed by atoms with Gasteiger partial charge in [0.2, 0.25) is 0 Å². The van der Waals surface area contributed by atoms with E-state index in [1.54, 1.807) is 19.1 Å². The summed E-state index contributed by atoms with van der Waals surface area (Å²) in [6, 6.07) is 7.46. The predicted molar refractivity (Wildman–Crippen MR) is 46.2 cm³/mol. The van der Waals surface area contributed by atoms with Crippen LogP contribution < -0.4 is 0 Å². The predicted octanol–water partition coefficient (Wildman–Crippen LogP) is 2.32. The molecule has 1 rings (SSSR count). The number of ether oxygens (including phenoxy) is 1. The lowest BCUT2D eigenvalue weighted by molar-refractivity contribution is 0.0526. The fourth-order valence-electron chi connectivity index (χ4n) is 0.779. The average molecular weight is 184 g/mol. The SMILES string of the molecule is CCOC(=O)c1cc[c]c(Cl)c1. The number of hydrogen-bond acceptors (Lipinski definition) is 2. The minimum absolute atomic E-state index is 0.353. The molecule has 1 aromatic rings. The van der Waals surface area contributed by atoms with Gasteiger partial charge in [-0.15, -0.1) is 0 Å². The molecule has 0 saturated heterocycles. The van der Waals surface area contributed by atoms with E-state index in [0.29, 0.717) is 17.2 Å². The van der Waals surface area contributed by atoms with Gasteiger partial charge in [-0.2, -0.15) is 0 Å². The number of rotatable bonds is 2. The van der Waals surface area contributed by atoms with E-state index in [1.165, 1.54) is 6.07 Å². The van der Waals surface area contributed by atoms with E-state index in [2.05, 4.69) is 6.07 Å². The molecule has 0 amide bonds. The second-order valence-corrected chi connectivity index (χ2v) is 2.55. The molecule has 0 atom stereocenters. The zero-order valence-electron chi connectivity index (χ0n) is 6.63. The highest BCUT2D eigenvalue weighted by Crippen LogP contribution is 2.10. The van der Waals surface area contributed by atoms with Gasteiger partial charge in [0.15, 0.2) is 0 Å². The van der Waals surface area contributed by atoms with Crippen LogP contribution in [0, 0.1) is 6.07 Å². The first-order chi connectivity index (χ1) is 5.74. The summed E-state index contributed by atoms with van der Waals surface area (Å²) in [6.45, 7) is 2.13. The summed E-state index contributed by atoms with van der Waals surface area (Å²) in [4.78, 5) is 11.1. The molecular formula is C9H8ClO2. The van der Waals surface area contributed by atoms with Gasteiger partial charge >= 0.3 is 5.97 Å². The van der Waals surface area contributed by atoms with E-state index < -0.39 is 0 Å². The molecule has 1 aromatic carbocycles. The molecule has 1 radical (unpaired) electrons.